The minimum absolute atomic E-state index is 0.0811. The molecule has 0 N–H and O–H groups in total. The van der Waals surface area contributed by atoms with Crippen molar-refractivity contribution in [3.05, 3.63) is 68.0 Å². The van der Waals surface area contributed by atoms with Gasteiger partial charge in [-0.2, -0.15) is 0 Å². The van der Waals surface area contributed by atoms with Crippen molar-refractivity contribution in [3.8, 4) is 11.5 Å². The van der Waals surface area contributed by atoms with E-state index < -0.39 is 5.41 Å². The molecule has 3 aromatic rings. The molecule has 0 radical (unpaired) electrons. The molecule has 6 rings (SSSR count). The fraction of sp³-hybridized carbons (Fsp3) is 0.348. The third-order valence-electron chi connectivity index (χ3n) is 6.43. The molecule has 1 spiro atoms. The quantitative estimate of drug-likeness (QED) is 0.557. The summed E-state index contributed by atoms with van der Waals surface area (Å²) in [4.78, 5) is 21.9. The first kappa shape index (κ1) is 19.0. The SMILES string of the molecule is CC(C)c1ncc(CN2C(=S)C3(CCn4c3cc3c(c4=O)OCO3)c3ccccc32)s1. The highest BCUT2D eigenvalue weighted by molar-refractivity contribution is 7.80. The Labute approximate surface area is 189 Å². The van der Waals surface area contributed by atoms with Crippen LogP contribution in [0.2, 0.25) is 0 Å². The van der Waals surface area contributed by atoms with E-state index in [9.17, 15) is 4.79 Å². The van der Waals surface area contributed by atoms with Crippen LogP contribution in [-0.2, 0) is 18.5 Å². The van der Waals surface area contributed by atoms with E-state index in [0.717, 1.165) is 33.4 Å². The molecule has 1 atom stereocenters. The highest BCUT2D eigenvalue weighted by Gasteiger charge is 2.53. The average Bonchev–Trinajstić information content (AvgIpc) is 3.53. The lowest BCUT2D eigenvalue weighted by Gasteiger charge is -2.27. The zero-order valence-corrected chi connectivity index (χ0v) is 18.9. The van der Waals surface area contributed by atoms with Crippen LogP contribution in [0.1, 0.15) is 47.3 Å². The number of thiocarbonyl (C=S) groups is 1. The predicted octanol–water partition coefficient (Wildman–Crippen LogP) is 4.19. The zero-order chi connectivity index (χ0) is 21.3. The second kappa shape index (κ2) is 6.64. The Morgan fingerprint density at radius 2 is 2.13 bits per heavy atom. The minimum Gasteiger partial charge on any atom is -0.453 e. The van der Waals surface area contributed by atoms with E-state index in [1.54, 1.807) is 11.3 Å². The third-order valence-corrected chi connectivity index (χ3v) is 8.28. The molecule has 31 heavy (non-hydrogen) atoms. The molecule has 2 aromatic heterocycles. The van der Waals surface area contributed by atoms with Crippen LogP contribution in [-0.4, -0.2) is 21.3 Å². The molecule has 6 nitrogen and oxygen atoms in total. The first-order chi connectivity index (χ1) is 15.0. The van der Waals surface area contributed by atoms with Gasteiger partial charge in [0.15, 0.2) is 5.75 Å². The van der Waals surface area contributed by atoms with E-state index in [4.69, 9.17) is 21.7 Å². The maximum atomic E-state index is 13.0. The molecule has 158 valence electrons. The van der Waals surface area contributed by atoms with Gasteiger partial charge in [0.1, 0.15) is 0 Å². The van der Waals surface area contributed by atoms with Gasteiger partial charge in [-0.25, -0.2) is 4.98 Å². The molecule has 0 saturated carbocycles. The Balaban J connectivity index is 1.49. The topological polar surface area (TPSA) is 56.6 Å². The summed E-state index contributed by atoms with van der Waals surface area (Å²) in [5.74, 6) is 1.22. The smallest absolute Gasteiger partial charge is 0.297 e. The molecule has 0 amide bonds. The Hall–Kier alpha value is -2.71. The van der Waals surface area contributed by atoms with Gasteiger partial charge < -0.3 is 18.9 Å². The summed E-state index contributed by atoms with van der Waals surface area (Å²) in [5, 5.41) is 1.13. The van der Waals surface area contributed by atoms with Crippen molar-refractivity contribution in [1.29, 1.82) is 0 Å². The number of benzene rings is 1. The normalized spacial score (nSPS) is 20.7. The molecular weight excluding hydrogens is 430 g/mol. The molecule has 3 aliphatic heterocycles. The molecule has 0 saturated heterocycles. The summed E-state index contributed by atoms with van der Waals surface area (Å²) in [6, 6.07) is 10.3. The van der Waals surface area contributed by atoms with Gasteiger partial charge in [-0.3, -0.25) is 4.79 Å². The number of hydrogen-bond acceptors (Lipinski definition) is 6. The van der Waals surface area contributed by atoms with Crippen LogP contribution in [0, 0.1) is 0 Å². The van der Waals surface area contributed by atoms with Crippen molar-refractivity contribution >= 4 is 34.2 Å². The Bertz CT molecular complexity index is 1300. The fourth-order valence-electron chi connectivity index (χ4n) is 4.97. The van der Waals surface area contributed by atoms with Crippen LogP contribution in [0.5, 0.6) is 11.5 Å². The van der Waals surface area contributed by atoms with Crippen molar-refractivity contribution in [2.24, 2.45) is 0 Å². The van der Waals surface area contributed by atoms with Crippen molar-refractivity contribution in [2.45, 2.75) is 44.7 Å². The van der Waals surface area contributed by atoms with Crippen LogP contribution >= 0.6 is 23.6 Å². The van der Waals surface area contributed by atoms with Crippen molar-refractivity contribution in [2.75, 3.05) is 11.7 Å². The van der Waals surface area contributed by atoms with E-state index in [1.165, 1.54) is 4.88 Å². The number of pyridine rings is 1. The Morgan fingerprint density at radius 3 is 2.94 bits per heavy atom. The Kier molecular flexibility index (Phi) is 4.07. The van der Waals surface area contributed by atoms with Crippen LogP contribution in [0.4, 0.5) is 5.69 Å². The predicted molar refractivity (Wildman–Crippen MR) is 124 cm³/mol. The van der Waals surface area contributed by atoms with Gasteiger partial charge in [-0.05, 0) is 18.1 Å². The molecular formula is C23H21N3O3S2. The number of fused-ring (bicyclic) bond motifs is 5. The van der Waals surface area contributed by atoms with Gasteiger partial charge >= 0.3 is 0 Å². The summed E-state index contributed by atoms with van der Waals surface area (Å²) in [6.07, 6.45) is 2.71. The van der Waals surface area contributed by atoms with Gasteiger partial charge in [0.05, 0.1) is 22.0 Å². The molecule has 0 bridgehead atoms. The van der Waals surface area contributed by atoms with Crippen LogP contribution in [0.25, 0.3) is 0 Å². The number of anilines is 1. The first-order valence-corrected chi connectivity index (χ1v) is 11.6. The molecule has 3 aliphatic rings. The third kappa shape index (κ3) is 2.52. The maximum Gasteiger partial charge on any atom is 0.297 e. The van der Waals surface area contributed by atoms with E-state index >= 15 is 0 Å². The van der Waals surface area contributed by atoms with Gasteiger partial charge in [-0.15, -0.1) is 11.3 Å². The van der Waals surface area contributed by atoms with Crippen LogP contribution in [0.3, 0.4) is 0 Å². The number of aromatic nitrogens is 2. The lowest BCUT2D eigenvalue weighted by molar-refractivity contribution is 0.173. The number of para-hydroxylation sites is 1. The minimum atomic E-state index is -0.516. The van der Waals surface area contributed by atoms with E-state index in [1.807, 2.05) is 29.0 Å². The molecule has 0 aliphatic carbocycles. The molecule has 5 heterocycles. The number of thiazole rings is 1. The summed E-state index contributed by atoms with van der Waals surface area (Å²) in [5.41, 5.74) is 2.50. The largest absolute Gasteiger partial charge is 0.453 e. The van der Waals surface area contributed by atoms with E-state index in [0.29, 0.717) is 30.5 Å². The number of rotatable bonds is 3. The van der Waals surface area contributed by atoms with E-state index in [2.05, 4.69) is 35.9 Å². The molecule has 1 aromatic carbocycles. The summed E-state index contributed by atoms with van der Waals surface area (Å²) in [7, 11) is 0. The lowest BCUT2D eigenvalue weighted by Crippen LogP contribution is -2.38. The summed E-state index contributed by atoms with van der Waals surface area (Å²) in [6.45, 7) is 5.68. The second-order valence-corrected chi connectivity index (χ2v) is 10.0. The Morgan fingerprint density at radius 1 is 1.29 bits per heavy atom. The van der Waals surface area contributed by atoms with Gasteiger partial charge in [0, 0.05) is 41.0 Å². The number of nitrogens with zero attached hydrogens (tertiary/aromatic N) is 3. The highest BCUT2D eigenvalue weighted by atomic mass is 32.1. The average molecular weight is 452 g/mol. The van der Waals surface area contributed by atoms with Crippen molar-refractivity contribution in [3.63, 3.8) is 0 Å². The van der Waals surface area contributed by atoms with Crippen molar-refractivity contribution < 1.29 is 9.47 Å². The molecule has 8 heteroatoms. The maximum absolute atomic E-state index is 13.0. The first-order valence-electron chi connectivity index (χ1n) is 10.4. The number of hydrogen-bond donors (Lipinski definition) is 0. The zero-order valence-electron chi connectivity index (χ0n) is 17.3. The van der Waals surface area contributed by atoms with Crippen LogP contribution in [0.15, 0.2) is 41.3 Å². The number of ether oxygens (including phenoxy) is 2. The summed E-state index contributed by atoms with van der Waals surface area (Å²) < 4.78 is 12.8. The van der Waals surface area contributed by atoms with Crippen LogP contribution < -0.4 is 19.9 Å². The van der Waals surface area contributed by atoms with Gasteiger partial charge in [0.25, 0.3) is 5.56 Å². The van der Waals surface area contributed by atoms with E-state index in [-0.39, 0.29) is 12.4 Å². The standard InChI is InChI=1S/C23H21N3O3S2/c1-13(2)20-24-10-14(31-20)11-26-16-6-4-3-5-15(16)23(22(26)30)7-8-25-18(23)9-17-19(21(25)27)29-12-28-17/h3-6,9-10,13H,7-8,11-12H2,1-2H3. The fourth-order valence-corrected chi connectivity index (χ4v) is 6.36. The van der Waals surface area contributed by atoms with Gasteiger partial charge in [0.2, 0.25) is 12.5 Å². The molecule has 1 unspecified atom stereocenters. The second-order valence-electron chi connectivity index (χ2n) is 8.47. The highest BCUT2D eigenvalue weighted by Crippen LogP contribution is 2.53. The van der Waals surface area contributed by atoms with Gasteiger partial charge in [-0.1, -0.05) is 44.3 Å². The van der Waals surface area contributed by atoms with Crippen molar-refractivity contribution in [1.82, 2.24) is 9.55 Å². The lowest BCUT2D eigenvalue weighted by atomic mass is 9.78. The molecule has 0 fully saturated rings. The summed E-state index contributed by atoms with van der Waals surface area (Å²) >= 11 is 7.88. The monoisotopic (exact) mass is 451 g/mol.